The van der Waals surface area contributed by atoms with Gasteiger partial charge in [0.15, 0.2) is 0 Å². The minimum atomic E-state index is -1.71. The summed E-state index contributed by atoms with van der Waals surface area (Å²) in [7, 11) is -3.06. The summed E-state index contributed by atoms with van der Waals surface area (Å²) in [6.07, 6.45) is 2.15. The molecule has 2 heterocycles. The zero-order valence-electron chi connectivity index (χ0n) is 16.6. The summed E-state index contributed by atoms with van der Waals surface area (Å²) in [5, 5.41) is 4.57. The summed E-state index contributed by atoms with van der Waals surface area (Å²) in [5.74, 6) is 0. The fourth-order valence-corrected chi connectivity index (χ4v) is 9.71. The quantitative estimate of drug-likeness (QED) is 0.607. The van der Waals surface area contributed by atoms with E-state index in [1.54, 1.807) is 10.4 Å². The maximum absolute atomic E-state index is 4.94. The number of aryl methyl sites for hydroxylation is 1. The molecule has 1 aliphatic rings. The van der Waals surface area contributed by atoms with Gasteiger partial charge >= 0.3 is 0 Å². The zero-order valence-corrected chi connectivity index (χ0v) is 18.6. The van der Waals surface area contributed by atoms with E-state index in [4.69, 9.17) is 4.98 Å². The Kier molecular flexibility index (Phi) is 3.86. The van der Waals surface area contributed by atoms with Crippen LogP contribution in [0.2, 0.25) is 32.7 Å². The average Bonchev–Trinajstić information content (AvgIpc) is 2.82. The zero-order chi connectivity index (χ0) is 18.7. The lowest BCUT2D eigenvalue weighted by molar-refractivity contribution is 1.30. The van der Waals surface area contributed by atoms with Crippen LogP contribution in [0.1, 0.15) is 5.56 Å². The largest absolute Gasteiger partial charge is 0.256 e. The van der Waals surface area contributed by atoms with Crippen LogP contribution in [-0.2, 0) is 0 Å². The highest BCUT2D eigenvalue weighted by atomic mass is 28.3. The Morgan fingerprint density at radius 1 is 0.846 bits per heavy atom. The number of pyridine rings is 1. The fraction of sp³-hybridized carbons (Fsp3) is 0.261. The first-order chi connectivity index (χ1) is 12.2. The van der Waals surface area contributed by atoms with Crippen molar-refractivity contribution in [1.82, 2.24) is 4.98 Å². The summed E-state index contributed by atoms with van der Waals surface area (Å²) in [6, 6.07) is 18.0. The van der Waals surface area contributed by atoms with E-state index in [0.29, 0.717) is 0 Å². The van der Waals surface area contributed by atoms with E-state index in [0.717, 1.165) is 5.69 Å². The first-order valence-electron chi connectivity index (χ1n) is 9.42. The van der Waals surface area contributed by atoms with Gasteiger partial charge in [-0.2, -0.15) is 0 Å². The number of hydrogen-bond donors (Lipinski definition) is 0. The van der Waals surface area contributed by atoms with Crippen molar-refractivity contribution in [2.75, 3.05) is 0 Å². The second-order valence-corrected chi connectivity index (χ2v) is 18.4. The van der Waals surface area contributed by atoms with Gasteiger partial charge in [0, 0.05) is 11.8 Å². The van der Waals surface area contributed by atoms with Gasteiger partial charge in [-0.25, -0.2) is 0 Å². The van der Waals surface area contributed by atoms with Crippen LogP contribution < -0.4 is 15.6 Å². The average molecular weight is 374 g/mol. The van der Waals surface area contributed by atoms with Gasteiger partial charge < -0.3 is 0 Å². The molecule has 0 unspecified atom stereocenters. The van der Waals surface area contributed by atoms with Crippen LogP contribution >= 0.6 is 0 Å². The summed E-state index contributed by atoms with van der Waals surface area (Å²) in [4.78, 5) is 4.94. The molecular weight excluding hydrogens is 346 g/mol. The Morgan fingerprint density at radius 3 is 2.19 bits per heavy atom. The summed E-state index contributed by atoms with van der Waals surface area (Å²) < 4.78 is 0. The van der Waals surface area contributed by atoms with Gasteiger partial charge in [0.25, 0.3) is 0 Å². The lowest BCUT2D eigenvalue weighted by Crippen LogP contribution is -2.50. The Morgan fingerprint density at radius 2 is 1.50 bits per heavy atom. The second-order valence-electron chi connectivity index (χ2n) is 9.03. The van der Waals surface area contributed by atoms with Crippen molar-refractivity contribution in [2.24, 2.45) is 0 Å². The Hall–Kier alpha value is -1.98. The van der Waals surface area contributed by atoms with Gasteiger partial charge in [-0.15, -0.1) is 0 Å². The maximum Gasteiger partial charge on any atom is 0.114 e. The van der Waals surface area contributed by atoms with Crippen molar-refractivity contribution >= 4 is 31.7 Å². The molecule has 132 valence electrons. The van der Waals surface area contributed by atoms with E-state index in [9.17, 15) is 0 Å². The smallest absolute Gasteiger partial charge is 0.114 e. The van der Waals surface area contributed by atoms with Gasteiger partial charge in [-0.05, 0) is 45.2 Å². The highest BCUT2D eigenvalue weighted by Crippen LogP contribution is 2.32. The van der Waals surface area contributed by atoms with E-state index in [2.05, 4.69) is 94.4 Å². The molecule has 1 nitrogen and oxygen atoms in total. The monoisotopic (exact) mass is 373 g/mol. The van der Waals surface area contributed by atoms with E-state index >= 15 is 0 Å². The SMILES string of the molecule is Cc1cc(-c2cccc3c2[Si](C)(C)c2ccccc2-3)ncc1[Si](C)(C)C. The van der Waals surface area contributed by atoms with Crippen LogP contribution in [0, 0.1) is 6.92 Å². The molecule has 26 heavy (non-hydrogen) atoms. The third kappa shape index (κ3) is 2.53. The van der Waals surface area contributed by atoms with Crippen molar-refractivity contribution < 1.29 is 0 Å². The number of hydrogen-bond acceptors (Lipinski definition) is 1. The minimum absolute atomic E-state index is 1.13. The number of benzene rings is 2. The van der Waals surface area contributed by atoms with Crippen molar-refractivity contribution in [3.8, 4) is 22.4 Å². The topological polar surface area (TPSA) is 12.9 Å². The molecule has 0 amide bonds. The third-order valence-electron chi connectivity index (χ3n) is 5.77. The number of fused-ring (bicyclic) bond motifs is 3. The van der Waals surface area contributed by atoms with Crippen molar-refractivity contribution in [3.05, 3.63) is 60.3 Å². The second kappa shape index (κ2) is 5.76. The molecule has 4 rings (SSSR count). The van der Waals surface area contributed by atoms with E-state index in [1.165, 1.54) is 27.4 Å². The van der Waals surface area contributed by atoms with Gasteiger partial charge in [0.2, 0.25) is 0 Å². The standard InChI is InChI=1S/C23H27NSi2/c1-16-14-20(24-15-22(16)25(2,3)4)19-12-9-11-18-17-10-7-8-13-21(17)26(5,6)23(18)19/h7-15H,1-6H3. The Labute approximate surface area is 159 Å². The third-order valence-corrected chi connectivity index (χ3v) is 11.5. The molecule has 2 aromatic carbocycles. The fourth-order valence-electron chi connectivity index (χ4n) is 4.55. The molecule has 0 spiro atoms. The Bertz CT molecular complexity index is 1010. The maximum atomic E-state index is 4.94. The number of nitrogens with zero attached hydrogens (tertiary/aromatic N) is 1. The first kappa shape index (κ1) is 17.4. The molecule has 1 aromatic heterocycles. The molecule has 0 atom stereocenters. The van der Waals surface area contributed by atoms with E-state index < -0.39 is 16.1 Å². The molecule has 0 N–H and O–H groups in total. The highest BCUT2D eigenvalue weighted by molar-refractivity contribution is 7.04. The lowest BCUT2D eigenvalue weighted by Gasteiger charge is -2.23. The highest BCUT2D eigenvalue weighted by Gasteiger charge is 2.39. The molecule has 0 aliphatic carbocycles. The first-order valence-corrected chi connectivity index (χ1v) is 15.9. The van der Waals surface area contributed by atoms with Crippen LogP contribution in [0.15, 0.2) is 54.7 Å². The van der Waals surface area contributed by atoms with Crippen molar-refractivity contribution in [2.45, 2.75) is 39.7 Å². The van der Waals surface area contributed by atoms with Crippen LogP contribution in [0.25, 0.3) is 22.4 Å². The van der Waals surface area contributed by atoms with E-state index in [-0.39, 0.29) is 0 Å². The summed E-state index contributed by atoms with van der Waals surface area (Å²) in [6.45, 7) is 14.4. The van der Waals surface area contributed by atoms with E-state index in [1.807, 2.05) is 0 Å². The van der Waals surface area contributed by atoms with Gasteiger partial charge in [0.05, 0.1) is 13.8 Å². The predicted octanol–water partition coefficient (Wildman–Crippen LogP) is 4.41. The Balaban J connectivity index is 1.94. The minimum Gasteiger partial charge on any atom is -0.256 e. The predicted molar refractivity (Wildman–Crippen MR) is 120 cm³/mol. The van der Waals surface area contributed by atoms with Crippen molar-refractivity contribution in [1.29, 1.82) is 0 Å². The van der Waals surface area contributed by atoms with Crippen LogP contribution in [-0.4, -0.2) is 21.1 Å². The molecule has 3 aromatic rings. The molecule has 0 saturated carbocycles. The number of rotatable bonds is 2. The van der Waals surface area contributed by atoms with Crippen LogP contribution in [0.3, 0.4) is 0 Å². The molecule has 0 fully saturated rings. The van der Waals surface area contributed by atoms with Gasteiger partial charge in [0.1, 0.15) is 8.07 Å². The van der Waals surface area contributed by atoms with Crippen LogP contribution in [0.4, 0.5) is 0 Å². The van der Waals surface area contributed by atoms with Crippen LogP contribution in [0.5, 0.6) is 0 Å². The molecule has 0 bridgehead atoms. The normalized spacial score (nSPS) is 14.8. The molecule has 3 heteroatoms. The molecule has 0 radical (unpaired) electrons. The summed E-state index contributed by atoms with van der Waals surface area (Å²) in [5.41, 5.74) is 6.71. The molecular formula is C23H27NSi2. The molecule has 0 saturated heterocycles. The summed E-state index contributed by atoms with van der Waals surface area (Å²) >= 11 is 0. The lowest BCUT2D eigenvalue weighted by atomic mass is 10.0. The number of aromatic nitrogens is 1. The van der Waals surface area contributed by atoms with Gasteiger partial charge in [-0.1, -0.05) is 75.2 Å². The van der Waals surface area contributed by atoms with Crippen molar-refractivity contribution in [3.63, 3.8) is 0 Å². The van der Waals surface area contributed by atoms with Gasteiger partial charge in [-0.3, -0.25) is 4.98 Å². The molecule has 1 aliphatic heterocycles.